The summed E-state index contributed by atoms with van der Waals surface area (Å²) in [5, 5.41) is 12.1. The molecule has 1 atom stereocenters. The zero-order valence-electron chi connectivity index (χ0n) is 20.1. The number of anilines is 1. The molecule has 0 saturated heterocycles. The number of amides is 1. The monoisotopic (exact) mass is 482 g/mol. The maximum Gasteiger partial charge on any atom is 0.234 e. The van der Waals surface area contributed by atoms with Crippen LogP contribution < -0.4 is 19.5 Å². The number of thioether (sulfide) groups is 1. The number of aromatic nitrogens is 3. The van der Waals surface area contributed by atoms with Crippen LogP contribution in [-0.2, 0) is 11.3 Å². The number of benzene rings is 2. The zero-order valence-corrected chi connectivity index (χ0v) is 20.9. The molecule has 180 valence electrons. The molecule has 0 aliphatic carbocycles. The SMILES string of the molecule is C=CCn1c(SCC(=O)Nc2ccc(OC)cc2OC)nnc1C(C)Oc1cc(C)cc(C)c1. The van der Waals surface area contributed by atoms with Gasteiger partial charge >= 0.3 is 0 Å². The number of rotatable bonds is 11. The van der Waals surface area contributed by atoms with E-state index in [9.17, 15) is 4.79 Å². The molecule has 0 fully saturated rings. The number of hydrogen-bond acceptors (Lipinski definition) is 7. The summed E-state index contributed by atoms with van der Waals surface area (Å²) >= 11 is 1.29. The Morgan fingerprint density at radius 2 is 1.85 bits per heavy atom. The van der Waals surface area contributed by atoms with E-state index in [1.807, 2.05) is 37.5 Å². The Bertz CT molecular complexity index is 1140. The molecule has 0 aliphatic rings. The highest BCUT2D eigenvalue weighted by Gasteiger charge is 2.20. The van der Waals surface area contributed by atoms with Crippen LogP contribution in [0.4, 0.5) is 5.69 Å². The van der Waals surface area contributed by atoms with Crippen molar-refractivity contribution in [1.82, 2.24) is 14.8 Å². The molecule has 3 aromatic rings. The molecule has 1 amide bonds. The van der Waals surface area contributed by atoms with Gasteiger partial charge in [0.05, 0.1) is 25.7 Å². The average Bonchev–Trinajstić information content (AvgIpc) is 3.20. The van der Waals surface area contributed by atoms with Crippen LogP contribution in [0.2, 0.25) is 0 Å². The van der Waals surface area contributed by atoms with Gasteiger partial charge in [-0.15, -0.1) is 16.8 Å². The number of carbonyl (C=O) groups excluding carboxylic acids is 1. The van der Waals surface area contributed by atoms with Crippen molar-refractivity contribution < 1.29 is 19.0 Å². The molecular formula is C25H30N4O4S. The number of carbonyl (C=O) groups is 1. The van der Waals surface area contributed by atoms with Gasteiger partial charge in [0, 0.05) is 12.6 Å². The van der Waals surface area contributed by atoms with Crippen molar-refractivity contribution in [2.75, 3.05) is 25.3 Å². The number of nitrogens with zero attached hydrogens (tertiary/aromatic N) is 3. The van der Waals surface area contributed by atoms with E-state index in [2.05, 4.69) is 28.2 Å². The molecule has 0 saturated carbocycles. The fourth-order valence-electron chi connectivity index (χ4n) is 3.48. The maximum absolute atomic E-state index is 12.6. The maximum atomic E-state index is 12.6. The largest absolute Gasteiger partial charge is 0.497 e. The van der Waals surface area contributed by atoms with Gasteiger partial charge in [-0.1, -0.05) is 23.9 Å². The molecular weight excluding hydrogens is 452 g/mol. The van der Waals surface area contributed by atoms with Crippen LogP contribution in [-0.4, -0.2) is 40.6 Å². The lowest BCUT2D eigenvalue weighted by molar-refractivity contribution is -0.113. The van der Waals surface area contributed by atoms with Crippen molar-refractivity contribution in [2.24, 2.45) is 0 Å². The third-order valence-electron chi connectivity index (χ3n) is 4.94. The van der Waals surface area contributed by atoms with Crippen LogP contribution in [0.5, 0.6) is 17.2 Å². The molecule has 0 radical (unpaired) electrons. The van der Waals surface area contributed by atoms with Crippen LogP contribution in [0, 0.1) is 13.8 Å². The number of ether oxygens (including phenoxy) is 3. The Kier molecular flexibility index (Phi) is 8.59. The smallest absolute Gasteiger partial charge is 0.234 e. The summed E-state index contributed by atoms with van der Waals surface area (Å²) in [6, 6.07) is 11.3. The van der Waals surface area contributed by atoms with E-state index >= 15 is 0 Å². The molecule has 0 bridgehead atoms. The third kappa shape index (κ3) is 6.32. The number of aryl methyl sites for hydroxylation is 2. The standard InChI is InChI=1S/C25H30N4O4S/c1-7-10-29-24(18(4)33-20-12-16(2)11-17(3)13-20)27-28-25(29)34-15-23(30)26-21-9-8-19(31-5)14-22(21)32-6/h7-9,11-14,18H,1,10,15H2,2-6H3,(H,26,30). The van der Waals surface area contributed by atoms with Crippen LogP contribution >= 0.6 is 11.8 Å². The number of hydrogen-bond donors (Lipinski definition) is 1. The molecule has 0 aliphatic heterocycles. The Balaban J connectivity index is 1.69. The Hall–Kier alpha value is -3.46. The Morgan fingerprint density at radius 1 is 1.12 bits per heavy atom. The van der Waals surface area contributed by atoms with Crippen LogP contribution in [0.3, 0.4) is 0 Å². The minimum Gasteiger partial charge on any atom is -0.497 e. The van der Waals surface area contributed by atoms with Crippen molar-refractivity contribution in [2.45, 2.75) is 38.6 Å². The first-order chi connectivity index (χ1) is 16.3. The summed E-state index contributed by atoms with van der Waals surface area (Å²) in [7, 11) is 3.12. The van der Waals surface area contributed by atoms with E-state index in [4.69, 9.17) is 14.2 Å². The zero-order chi connectivity index (χ0) is 24.7. The molecule has 1 heterocycles. The normalized spacial score (nSPS) is 11.6. The Labute approximate surface area is 204 Å². The van der Waals surface area contributed by atoms with Crippen molar-refractivity contribution in [1.29, 1.82) is 0 Å². The lowest BCUT2D eigenvalue weighted by atomic mass is 10.1. The van der Waals surface area contributed by atoms with Crippen molar-refractivity contribution in [3.63, 3.8) is 0 Å². The van der Waals surface area contributed by atoms with Crippen LogP contribution in [0.1, 0.15) is 30.0 Å². The summed E-state index contributed by atoms with van der Waals surface area (Å²) in [6.45, 7) is 10.3. The van der Waals surface area contributed by atoms with Gasteiger partial charge in [-0.25, -0.2) is 0 Å². The van der Waals surface area contributed by atoms with E-state index in [-0.39, 0.29) is 17.8 Å². The van der Waals surface area contributed by atoms with E-state index in [1.165, 1.54) is 11.8 Å². The van der Waals surface area contributed by atoms with Crippen molar-refractivity contribution >= 4 is 23.4 Å². The molecule has 2 aromatic carbocycles. The number of methoxy groups -OCH3 is 2. The van der Waals surface area contributed by atoms with E-state index in [0.29, 0.717) is 34.7 Å². The Morgan fingerprint density at radius 3 is 2.50 bits per heavy atom. The number of nitrogens with one attached hydrogen (secondary N) is 1. The molecule has 0 spiro atoms. The minimum atomic E-state index is -0.333. The van der Waals surface area contributed by atoms with Gasteiger partial charge in [0.15, 0.2) is 17.1 Å². The predicted molar refractivity (Wildman–Crippen MR) is 134 cm³/mol. The highest BCUT2D eigenvalue weighted by molar-refractivity contribution is 7.99. The van der Waals surface area contributed by atoms with Gasteiger partial charge in [-0.2, -0.15) is 0 Å². The molecule has 1 unspecified atom stereocenters. The second-order valence-corrected chi connectivity index (χ2v) is 8.67. The van der Waals surface area contributed by atoms with Gasteiger partial charge in [0.1, 0.15) is 17.2 Å². The van der Waals surface area contributed by atoms with Crippen molar-refractivity contribution in [3.05, 3.63) is 66.0 Å². The van der Waals surface area contributed by atoms with Gasteiger partial charge in [-0.3, -0.25) is 9.36 Å². The van der Waals surface area contributed by atoms with E-state index in [0.717, 1.165) is 16.9 Å². The quantitative estimate of drug-likeness (QED) is 0.305. The molecule has 34 heavy (non-hydrogen) atoms. The first-order valence-corrected chi connectivity index (χ1v) is 11.8. The van der Waals surface area contributed by atoms with Gasteiger partial charge in [0.2, 0.25) is 5.91 Å². The van der Waals surface area contributed by atoms with Gasteiger partial charge in [0.25, 0.3) is 0 Å². The summed E-state index contributed by atoms with van der Waals surface area (Å²) in [5.74, 6) is 2.57. The van der Waals surface area contributed by atoms with Gasteiger partial charge in [-0.05, 0) is 56.2 Å². The molecule has 1 N–H and O–H groups in total. The summed E-state index contributed by atoms with van der Waals surface area (Å²) in [4.78, 5) is 12.6. The van der Waals surface area contributed by atoms with E-state index < -0.39 is 0 Å². The second-order valence-electron chi connectivity index (χ2n) is 7.73. The first-order valence-electron chi connectivity index (χ1n) is 10.8. The lowest BCUT2D eigenvalue weighted by Crippen LogP contribution is -2.16. The average molecular weight is 483 g/mol. The fraction of sp³-hybridized carbons (Fsp3) is 0.320. The van der Waals surface area contributed by atoms with Crippen LogP contribution in [0.15, 0.2) is 54.2 Å². The molecule has 3 rings (SSSR count). The molecule has 8 nitrogen and oxygen atoms in total. The molecule has 1 aromatic heterocycles. The topological polar surface area (TPSA) is 87.5 Å². The number of allylic oxidation sites excluding steroid dienone is 1. The van der Waals surface area contributed by atoms with E-state index in [1.54, 1.807) is 38.5 Å². The highest BCUT2D eigenvalue weighted by atomic mass is 32.2. The minimum absolute atomic E-state index is 0.150. The summed E-state index contributed by atoms with van der Waals surface area (Å²) < 4.78 is 18.6. The molecule has 9 heteroatoms. The van der Waals surface area contributed by atoms with Crippen molar-refractivity contribution in [3.8, 4) is 17.2 Å². The summed E-state index contributed by atoms with van der Waals surface area (Å²) in [6.07, 6.45) is 1.43. The lowest BCUT2D eigenvalue weighted by Gasteiger charge is -2.16. The fourth-order valence-corrected chi connectivity index (χ4v) is 4.24. The third-order valence-corrected chi connectivity index (χ3v) is 5.91. The first kappa shape index (κ1) is 25.2. The highest BCUT2D eigenvalue weighted by Crippen LogP contribution is 2.30. The predicted octanol–water partition coefficient (Wildman–Crippen LogP) is 4.97. The summed E-state index contributed by atoms with van der Waals surface area (Å²) in [5.41, 5.74) is 2.83. The van der Waals surface area contributed by atoms with Crippen LogP contribution in [0.25, 0.3) is 0 Å². The van der Waals surface area contributed by atoms with Gasteiger partial charge < -0.3 is 19.5 Å². The second kappa shape index (κ2) is 11.6.